The average molecular weight is 348 g/mol. The Morgan fingerprint density at radius 2 is 2.00 bits per heavy atom. The minimum atomic E-state index is -1.11. The van der Waals surface area contributed by atoms with E-state index in [4.69, 9.17) is 5.11 Å². The molecule has 2 aromatic rings. The molecule has 2 heterocycles. The third-order valence-electron chi connectivity index (χ3n) is 3.56. The molecule has 0 aliphatic heterocycles. The summed E-state index contributed by atoms with van der Waals surface area (Å²) in [5.74, 6) is -2.05. The predicted octanol–water partition coefficient (Wildman–Crippen LogP) is 0.654. The molecule has 0 saturated heterocycles. The van der Waals surface area contributed by atoms with Gasteiger partial charge in [-0.05, 0) is 19.4 Å². The maximum absolute atomic E-state index is 12.5. The van der Waals surface area contributed by atoms with Gasteiger partial charge in [0.05, 0.1) is 11.9 Å². The van der Waals surface area contributed by atoms with Gasteiger partial charge >= 0.3 is 5.97 Å². The van der Waals surface area contributed by atoms with Gasteiger partial charge < -0.3 is 15.7 Å². The highest BCUT2D eigenvalue weighted by Gasteiger charge is 2.23. The zero-order chi connectivity index (χ0) is 18.6. The molecule has 10 heteroatoms. The van der Waals surface area contributed by atoms with E-state index >= 15 is 0 Å². The molecule has 2 aromatic heterocycles. The number of nitrogens with zero attached hydrogens (tertiary/aromatic N) is 4. The van der Waals surface area contributed by atoms with Crippen molar-refractivity contribution < 1.29 is 19.5 Å². The van der Waals surface area contributed by atoms with Gasteiger partial charge in [0, 0.05) is 19.8 Å². The molecule has 0 fully saturated rings. The minimum absolute atomic E-state index is 0.0682. The maximum Gasteiger partial charge on any atom is 0.328 e. The molecule has 2 rings (SSSR count). The SMILES string of the molecule is CCCNC(=O)c1c(NC(=O)c2ccnn2C(C)C(=O)O)cnn1C. The molecular weight excluding hydrogens is 328 g/mol. The Balaban J connectivity index is 2.24. The quantitative estimate of drug-likeness (QED) is 0.673. The number of anilines is 1. The molecule has 0 spiro atoms. The second kappa shape index (κ2) is 7.60. The largest absolute Gasteiger partial charge is 0.480 e. The fourth-order valence-corrected chi connectivity index (χ4v) is 2.21. The molecule has 1 atom stereocenters. The summed E-state index contributed by atoms with van der Waals surface area (Å²) in [6.45, 7) is 3.84. The van der Waals surface area contributed by atoms with Crippen molar-refractivity contribution in [3.63, 3.8) is 0 Å². The van der Waals surface area contributed by atoms with Crippen LogP contribution in [-0.4, -0.2) is 49.0 Å². The molecule has 0 saturated carbocycles. The molecular formula is C15H20N6O4. The van der Waals surface area contributed by atoms with Gasteiger partial charge in [0.15, 0.2) is 0 Å². The standard InChI is InChI=1S/C15H20N6O4/c1-4-6-16-14(23)12-10(8-18-20(12)3)19-13(22)11-5-7-17-21(11)9(2)15(24)25/h5,7-9H,4,6H2,1-3H3,(H,16,23)(H,19,22)(H,24,25). The van der Waals surface area contributed by atoms with Crippen LogP contribution in [0.2, 0.25) is 0 Å². The number of carbonyl (C=O) groups excluding carboxylic acids is 2. The Kier molecular flexibility index (Phi) is 5.52. The van der Waals surface area contributed by atoms with E-state index in [2.05, 4.69) is 20.8 Å². The highest BCUT2D eigenvalue weighted by molar-refractivity contribution is 6.07. The molecule has 2 amide bonds. The summed E-state index contributed by atoms with van der Waals surface area (Å²) in [4.78, 5) is 35.8. The molecule has 134 valence electrons. The number of carboxylic acid groups (broad SMARTS) is 1. The van der Waals surface area contributed by atoms with Crippen LogP contribution in [0.4, 0.5) is 5.69 Å². The first-order valence-corrected chi connectivity index (χ1v) is 7.74. The molecule has 0 bridgehead atoms. The van der Waals surface area contributed by atoms with Gasteiger partial charge in [-0.15, -0.1) is 0 Å². The van der Waals surface area contributed by atoms with Crippen molar-refractivity contribution in [2.75, 3.05) is 11.9 Å². The van der Waals surface area contributed by atoms with E-state index in [0.29, 0.717) is 6.54 Å². The summed E-state index contributed by atoms with van der Waals surface area (Å²) in [5, 5.41) is 22.3. The van der Waals surface area contributed by atoms with E-state index in [1.165, 1.54) is 30.1 Å². The molecule has 0 aliphatic carbocycles. The van der Waals surface area contributed by atoms with Crippen LogP contribution in [0.3, 0.4) is 0 Å². The van der Waals surface area contributed by atoms with Crippen LogP contribution in [0.5, 0.6) is 0 Å². The first-order valence-electron chi connectivity index (χ1n) is 7.74. The first-order chi connectivity index (χ1) is 11.9. The van der Waals surface area contributed by atoms with E-state index in [9.17, 15) is 14.4 Å². The molecule has 10 nitrogen and oxygen atoms in total. The topological polar surface area (TPSA) is 131 Å². The lowest BCUT2D eigenvalue weighted by Gasteiger charge is -2.12. The monoisotopic (exact) mass is 348 g/mol. The van der Waals surface area contributed by atoms with E-state index in [1.807, 2.05) is 6.92 Å². The Labute approximate surface area is 143 Å². The molecule has 25 heavy (non-hydrogen) atoms. The summed E-state index contributed by atoms with van der Waals surface area (Å²) >= 11 is 0. The number of carbonyl (C=O) groups is 3. The summed E-state index contributed by atoms with van der Waals surface area (Å²) in [7, 11) is 1.59. The number of carboxylic acids is 1. The van der Waals surface area contributed by atoms with Crippen molar-refractivity contribution in [2.45, 2.75) is 26.3 Å². The van der Waals surface area contributed by atoms with Crippen molar-refractivity contribution in [2.24, 2.45) is 7.05 Å². The van der Waals surface area contributed by atoms with E-state index < -0.39 is 17.9 Å². The van der Waals surface area contributed by atoms with Crippen LogP contribution in [0, 0.1) is 0 Å². The van der Waals surface area contributed by atoms with Crippen LogP contribution in [0.1, 0.15) is 47.3 Å². The Hall–Kier alpha value is -3.17. The summed E-state index contributed by atoms with van der Waals surface area (Å²) < 4.78 is 2.46. The summed E-state index contributed by atoms with van der Waals surface area (Å²) in [6, 6.07) is 0.402. The summed E-state index contributed by atoms with van der Waals surface area (Å²) in [6.07, 6.45) is 3.48. The smallest absolute Gasteiger partial charge is 0.328 e. The van der Waals surface area contributed by atoms with Crippen molar-refractivity contribution in [3.05, 3.63) is 29.8 Å². The number of hydrogen-bond acceptors (Lipinski definition) is 5. The lowest BCUT2D eigenvalue weighted by atomic mass is 10.3. The molecule has 0 aromatic carbocycles. The Morgan fingerprint density at radius 3 is 2.64 bits per heavy atom. The van der Waals surface area contributed by atoms with Crippen molar-refractivity contribution in [1.82, 2.24) is 24.9 Å². The van der Waals surface area contributed by atoms with Crippen molar-refractivity contribution in [3.8, 4) is 0 Å². The van der Waals surface area contributed by atoms with Crippen LogP contribution < -0.4 is 10.6 Å². The van der Waals surface area contributed by atoms with Crippen molar-refractivity contribution in [1.29, 1.82) is 0 Å². The molecule has 0 aliphatic rings. The van der Waals surface area contributed by atoms with Crippen molar-refractivity contribution >= 4 is 23.5 Å². The number of nitrogens with one attached hydrogen (secondary N) is 2. The van der Waals surface area contributed by atoms with E-state index in [-0.39, 0.29) is 23.0 Å². The van der Waals surface area contributed by atoms with Crippen LogP contribution >= 0.6 is 0 Å². The Morgan fingerprint density at radius 1 is 1.28 bits per heavy atom. The predicted molar refractivity (Wildman–Crippen MR) is 88.4 cm³/mol. The lowest BCUT2D eigenvalue weighted by Crippen LogP contribution is -2.28. The zero-order valence-electron chi connectivity index (χ0n) is 14.2. The zero-order valence-corrected chi connectivity index (χ0v) is 14.2. The highest BCUT2D eigenvalue weighted by atomic mass is 16.4. The van der Waals surface area contributed by atoms with Gasteiger partial charge in [0.25, 0.3) is 11.8 Å². The lowest BCUT2D eigenvalue weighted by molar-refractivity contribution is -0.140. The number of aryl methyl sites for hydroxylation is 1. The molecule has 0 radical (unpaired) electrons. The second-order valence-electron chi connectivity index (χ2n) is 5.42. The van der Waals surface area contributed by atoms with Gasteiger partial charge in [-0.25, -0.2) is 9.48 Å². The highest BCUT2D eigenvalue weighted by Crippen LogP contribution is 2.17. The van der Waals surface area contributed by atoms with Crippen LogP contribution in [0.25, 0.3) is 0 Å². The third kappa shape index (κ3) is 3.84. The second-order valence-corrected chi connectivity index (χ2v) is 5.42. The third-order valence-corrected chi connectivity index (χ3v) is 3.56. The van der Waals surface area contributed by atoms with E-state index in [1.54, 1.807) is 7.05 Å². The van der Waals surface area contributed by atoms with Crippen LogP contribution in [-0.2, 0) is 11.8 Å². The molecule has 3 N–H and O–H groups in total. The number of aliphatic carboxylic acids is 1. The maximum atomic E-state index is 12.5. The average Bonchev–Trinajstić information content (AvgIpc) is 3.19. The fourth-order valence-electron chi connectivity index (χ4n) is 2.21. The summed E-state index contributed by atoms with van der Waals surface area (Å²) in [5.41, 5.74) is 0.509. The van der Waals surface area contributed by atoms with Gasteiger partial charge in [-0.3, -0.25) is 14.3 Å². The van der Waals surface area contributed by atoms with E-state index in [0.717, 1.165) is 11.1 Å². The minimum Gasteiger partial charge on any atom is -0.480 e. The number of amides is 2. The van der Waals surface area contributed by atoms with Gasteiger partial charge in [-0.1, -0.05) is 6.92 Å². The first kappa shape index (κ1) is 18.2. The van der Waals surface area contributed by atoms with Gasteiger partial charge in [-0.2, -0.15) is 10.2 Å². The number of aromatic nitrogens is 4. The molecule has 1 unspecified atom stereocenters. The Bertz CT molecular complexity index is 794. The normalized spacial score (nSPS) is 11.8. The fraction of sp³-hybridized carbons (Fsp3) is 0.400. The van der Waals surface area contributed by atoms with Crippen LogP contribution in [0.15, 0.2) is 18.5 Å². The number of rotatable bonds is 7. The van der Waals surface area contributed by atoms with Gasteiger partial charge in [0.1, 0.15) is 17.4 Å². The van der Waals surface area contributed by atoms with Gasteiger partial charge in [0.2, 0.25) is 0 Å². The number of hydrogen-bond donors (Lipinski definition) is 3.